The molecule has 1 N–H and O–H groups in total. The van der Waals surface area contributed by atoms with E-state index in [0.717, 1.165) is 80.4 Å². The molecule has 2 aromatic carbocycles. The van der Waals surface area contributed by atoms with Crippen molar-refractivity contribution in [2.45, 2.75) is 25.8 Å². The molecule has 1 saturated heterocycles. The van der Waals surface area contributed by atoms with Crippen LogP contribution in [-0.2, 0) is 24.1 Å². The molecule has 0 unspecified atom stereocenters. The van der Waals surface area contributed by atoms with Crippen molar-refractivity contribution in [1.29, 1.82) is 0 Å². The topological polar surface area (TPSA) is 54.5 Å². The van der Waals surface area contributed by atoms with E-state index >= 15 is 0 Å². The van der Waals surface area contributed by atoms with Gasteiger partial charge in [-0.3, -0.25) is 9.69 Å². The molecule has 1 aliphatic carbocycles. The van der Waals surface area contributed by atoms with Crippen molar-refractivity contribution < 1.29 is 18.3 Å². The molecule has 0 atom stereocenters. The van der Waals surface area contributed by atoms with E-state index in [0.29, 0.717) is 0 Å². The summed E-state index contributed by atoms with van der Waals surface area (Å²) < 4.78 is 33.4. The Morgan fingerprint density at radius 3 is 2.69 bits per heavy atom. The minimum Gasteiger partial charge on any atom is -0.379 e. The normalized spacial score (nSPS) is 16.2. The Morgan fingerprint density at radius 1 is 1.12 bits per heavy atom. The van der Waals surface area contributed by atoms with Crippen LogP contribution in [0.4, 0.5) is 14.5 Å². The van der Waals surface area contributed by atoms with Gasteiger partial charge in [-0.1, -0.05) is 18.2 Å². The molecular weight excluding hydrogens is 432 g/mol. The summed E-state index contributed by atoms with van der Waals surface area (Å²) in [6.45, 7) is 4.19. The lowest BCUT2D eigenvalue weighted by atomic mass is 10.0. The Balaban J connectivity index is 1.43. The molecule has 0 radical (unpaired) electrons. The van der Waals surface area contributed by atoms with Gasteiger partial charge in [0.1, 0.15) is 17.3 Å². The molecule has 0 bridgehead atoms. The molecular formula is C24H23F2N3O2S. The van der Waals surface area contributed by atoms with Crippen LogP contribution in [0.5, 0.6) is 0 Å². The fourth-order valence-corrected chi connectivity index (χ4v) is 5.29. The number of para-hydroxylation sites is 1. The molecule has 2 aliphatic rings. The molecule has 5 nitrogen and oxygen atoms in total. The number of nitrogens with zero attached hydrogens (tertiary/aromatic N) is 2. The summed E-state index contributed by atoms with van der Waals surface area (Å²) in [6, 6.07) is 10.0. The number of amides is 1. The largest absolute Gasteiger partial charge is 0.379 e. The number of carbonyl (C=O) groups is 1. The minimum absolute atomic E-state index is 0.212. The third-order valence-electron chi connectivity index (χ3n) is 5.88. The zero-order chi connectivity index (χ0) is 22.1. The number of hydrogen-bond donors (Lipinski definition) is 1. The number of aryl methyl sites for hydroxylation is 2. The number of anilines is 1. The number of halogens is 2. The van der Waals surface area contributed by atoms with Crippen LogP contribution in [0.15, 0.2) is 36.4 Å². The lowest BCUT2D eigenvalue weighted by molar-refractivity contribution is 0.0342. The number of thiazole rings is 1. The van der Waals surface area contributed by atoms with E-state index in [1.165, 1.54) is 28.5 Å². The fourth-order valence-electron chi connectivity index (χ4n) is 4.23. The van der Waals surface area contributed by atoms with E-state index in [4.69, 9.17) is 4.74 Å². The first-order valence-electron chi connectivity index (χ1n) is 10.8. The highest BCUT2D eigenvalue weighted by atomic mass is 32.1. The van der Waals surface area contributed by atoms with Gasteiger partial charge in [-0.2, -0.15) is 0 Å². The predicted molar refractivity (Wildman–Crippen MR) is 120 cm³/mol. The van der Waals surface area contributed by atoms with Crippen molar-refractivity contribution in [3.05, 3.63) is 69.9 Å². The van der Waals surface area contributed by atoms with Crippen LogP contribution in [-0.4, -0.2) is 42.1 Å². The lowest BCUT2D eigenvalue weighted by Crippen LogP contribution is -2.35. The van der Waals surface area contributed by atoms with Crippen LogP contribution in [0.2, 0.25) is 0 Å². The fraction of sp³-hybridized carbons (Fsp3) is 0.333. The van der Waals surface area contributed by atoms with Gasteiger partial charge in [-0.05, 0) is 54.2 Å². The molecule has 5 rings (SSSR count). The summed E-state index contributed by atoms with van der Waals surface area (Å²) in [4.78, 5) is 20.6. The van der Waals surface area contributed by atoms with E-state index in [9.17, 15) is 13.6 Å². The van der Waals surface area contributed by atoms with Gasteiger partial charge in [-0.25, -0.2) is 13.8 Å². The number of benzene rings is 2. The third-order valence-corrected chi connectivity index (χ3v) is 7.01. The van der Waals surface area contributed by atoms with Gasteiger partial charge in [-0.15, -0.1) is 11.3 Å². The number of aromatic nitrogens is 1. The molecule has 1 fully saturated rings. The molecule has 2 heterocycles. The summed E-state index contributed by atoms with van der Waals surface area (Å²) >= 11 is 1.28. The molecule has 0 spiro atoms. The molecule has 1 aromatic heterocycles. The highest BCUT2D eigenvalue weighted by Crippen LogP contribution is 2.38. The van der Waals surface area contributed by atoms with Crippen molar-refractivity contribution in [2.24, 2.45) is 0 Å². The summed E-state index contributed by atoms with van der Waals surface area (Å²) in [5.74, 6) is -2.22. The van der Waals surface area contributed by atoms with Gasteiger partial charge >= 0.3 is 0 Å². The van der Waals surface area contributed by atoms with E-state index in [-0.39, 0.29) is 5.01 Å². The Bertz CT molecular complexity index is 1140. The second-order valence-corrected chi connectivity index (χ2v) is 9.08. The Hall–Kier alpha value is -2.68. The van der Waals surface area contributed by atoms with Crippen LogP contribution in [0.3, 0.4) is 0 Å². The van der Waals surface area contributed by atoms with Crippen molar-refractivity contribution in [3.8, 4) is 10.4 Å². The first-order chi connectivity index (χ1) is 15.6. The molecule has 1 amide bonds. The van der Waals surface area contributed by atoms with Crippen LogP contribution in [0.25, 0.3) is 10.4 Å². The zero-order valence-electron chi connectivity index (χ0n) is 17.5. The summed E-state index contributed by atoms with van der Waals surface area (Å²) in [6.07, 6.45) is 2.66. The lowest BCUT2D eigenvalue weighted by Gasteiger charge is -2.26. The highest BCUT2D eigenvalue weighted by Gasteiger charge is 2.24. The number of carbonyl (C=O) groups excluding carboxylic acids is 1. The van der Waals surface area contributed by atoms with Gasteiger partial charge in [0.05, 0.1) is 23.8 Å². The number of ether oxygens (including phenoxy) is 1. The molecule has 32 heavy (non-hydrogen) atoms. The predicted octanol–water partition coefficient (Wildman–Crippen LogP) is 4.66. The van der Waals surface area contributed by atoms with Crippen LogP contribution < -0.4 is 5.32 Å². The minimum atomic E-state index is -0.811. The van der Waals surface area contributed by atoms with Gasteiger partial charge in [0.25, 0.3) is 5.91 Å². The van der Waals surface area contributed by atoms with Crippen molar-refractivity contribution in [3.63, 3.8) is 0 Å². The SMILES string of the molecule is O=C(Nc1c(F)cccc1F)c1nc2c(s1)-c1cc(CN3CCOCC3)ccc1CCC2. The van der Waals surface area contributed by atoms with E-state index < -0.39 is 23.2 Å². The number of nitrogens with one attached hydrogen (secondary N) is 1. The second kappa shape index (κ2) is 9.05. The van der Waals surface area contributed by atoms with Crippen molar-refractivity contribution >= 4 is 22.9 Å². The molecule has 8 heteroatoms. The molecule has 0 saturated carbocycles. The first-order valence-corrected chi connectivity index (χ1v) is 11.6. The van der Waals surface area contributed by atoms with Crippen LogP contribution in [0.1, 0.15) is 33.0 Å². The second-order valence-electron chi connectivity index (χ2n) is 8.08. The number of rotatable bonds is 4. The Morgan fingerprint density at radius 2 is 1.91 bits per heavy atom. The smallest absolute Gasteiger partial charge is 0.284 e. The summed E-state index contributed by atoms with van der Waals surface area (Å²) in [7, 11) is 0. The maximum atomic E-state index is 14.0. The molecule has 166 valence electrons. The Labute approximate surface area is 189 Å². The maximum Gasteiger partial charge on any atom is 0.284 e. The Kier molecular flexibility index (Phi) is 5.99. The quantitative estimate of drug-likeness (QED) is 0.622. The highest BCUT2D eigenvalue weighted by molar-refractivity contribution is 7.17. The van der Waals surface area contributed by atoms with Crippen molar-refractivity contribution in [2.75, 3.05) is 31.6 Å². The van der Waals surface area contributed by atoms with Crippen LogP contribution >= 0.6 is 11.3 Å². The third kappa shape index (κ3) is 4.30. The number of fused-ring (bicyclic) bond motifs is 3. The average molecular weight is 456 g/mol. The molecule has 3 aromatic rings. The van der Waals surface area contributed by atoms with Gasteiger partial charge < -0.3 is 10.1 Å². The van der Waals surface area contributed by atoms with Crippen molar-refractivity contribution in [1.82, 2.24) is 9.88 Å². The zero-order valence-corrected chi connectivity index (χ0v) is 18.3. The summed E-state index contributed by atoms with van der Waals surface area (Å²) in [5, 5.41) is 2.56. The first kappa shape index (κ1) is 21.2. The van der Waals surface area contributed by atoms with E-state index in [1.807, 2.05) is 0 Å². The van der Waals surface area contributed by atoms with Gasteiger partial charge in [0.15, 0.2) is 5.01 Å². The number of hydrogen-bond acceptors (Lipinski definition) is 5. The monoisotopic (exact) mass is 455 g/mol. The van der Waals surface area contributed by atoms with E-state index in [1.54, 1.807) is 0 Å². The standard InChI is InChI=1S/C24H23F2N3O2S/c25-18-4-2-5-19(26)21(18)28-23(30)24-27-20-6-1-3-16-8-7-15(13-17(16)22(20)32-24)14-29-9-11-31-12-10-29/h2,4-5,7-8,13H,1,3,6,9-12,14H2,(H,28,30). The van der Waals surface area contributed by atoms with E-state index in [2.05, 4.69) is 33.4 Å². The van der Waals surface area contributed by atoms with Crippen LogP contribution in [0, 0.1) is 11.6 Å². The number of morpholine rings is 1. The summed E-state index contributed by atoms with van der Waals surface area (Å²) in [5.41, 5.74) is 3.99. The average Bonchev–Trinajstić information content (AvgIpc) is 3.15. The maximum absolute atomic E-state index is 14.0. The van der Waals surface area contributed by atoms with Gasteiger partial charge in [0, 0.05) is 19.6 Å². The molecule has 1 aliphatic heterocycles. The van der Waals surface area contributed by atoms with Gasteiger partial charge in [0.2, 0.25) is 0 Å².